The third-order valence-electron chi connectivity index (χ3n) is 4.21. The Morgan fingerprint density at radius 3 is 2.46 bits per heavy atom. The van der Waals surface area contributed by atoms with Crippen LogP contribution in [0.25, 0.3) is 0 Å². The number of hydrogen-bond acceptors (Lipinski definition) is 4. The van der Waals surface area contributed by atoms with Crippen LogP contribution in [0.4, 0.5) is 11.4 Å². The minimum atomic E-state index is -0.168. The molecule has 2 aromatic rings. The zero-order valence-electron chi connectivity index (χ0n) is 16.6. The molecule has 0 unspecified atom stereocenters. The van der Waals surface area contributed by atoms with Crippen molar-refractivity contribution in [3.63, 3.8) is 0 Å². The van der Waals surface area contributed by atoms with Crippen LogP contribution in [0, 0.1) is 0 Å². The minimum absolute atomic E-state index is 0.136. The van der Waals surface area contributed by atoms with Crippen molar-refractivity contribution in [2.45, 2.75) is 32.6 Å². The third-order valence-corrected chi connectivity index (χ3v) is 4.21. The standard InChI is InChI=1S/C22H29N3O3/c1-3-4-5-6-14-28-20-9-7-8-19(15-20)24-16-21(26)25-18-12-10-17(11-13-18)22(27)23-2/h7-13,15,24H,3-6,14,16H2,1-2H3,(H,23,27)(H,25,26). The van der Waals surface area contributed by atoms with Crippen LogP contribution < -0.4 is 20.7 Å². The molecule has 6 heteroatoms. The van der Waals surface area contributed by atoms with E-state index in [1.807, 2.05) is 24.3 Å². The molecule has 0 aromatic heterocycles. The average molecular weight is 383 g/mol. The lowest BCUT2D eigenvalue weighted by atomic mass is 10.2. The van der Waals surface area contributed by atoms with E-state index >= 15 is 0 Å². The Balaban J connectivity index is 1.77. The Morgan fingerprint density at radius 2 is 1.75 bits per heavy atom. The highest BCUT2D eigenvalue weighted by Crippen LogP contribution is 2.18. The maximum atomic E-state index is 12.1. The predicted octanol–water partition coefficient (Wildman–Crippen LogP) is 4.06. The highest BCUT2D eigenvalue weighted by Gasteiger charge is 2.06. The van der Waals surface area contributed by atoms with Gasteiger partial charge in [-0.3, -0.25) is 9.59 Å². The third kappa shape index (κ3) is 7.31. The number of anilines is 2. The number of carbonyl (C=O) groups excluding carboxylic acids is 2. The van der Waals surface area contributed by atoms with Gasteiger partial charge in [-0.1, -0.05) is 32.3 Å². The first-order valence-corrected chi connectivity index (χ1v) is 9.71. The van der Waals surface area contributed by atoms with E-state index in [9.17, 15) is 9.59 Å². The summed E-state index contributed by atoms with van der Waals surface area (Å²) in [6.07, 6.45) is 4.67. The van der Waals surface area contributed by atoms with E-state index in [2.05, 4.69) is 22.9 Å². The van der Waals surface area contributed by atoms with Crippen molar-refractivity contribution in [3.05, 3.63) is 54.1 Å². The minimum Gasteiger partial charge on any atom is -0.494 e. The summed E-state index contributed by atoms with van der Waals surface area (Å²) in [7, 11) is 1.58. The molecule has 0 spiro atoms. The van der Waals surface area contributed by atoms with E-state index in [1.165, 1.54) is 19.3 Å². The Labute approximate surface area is 166 Å². The van der Waals surface area contributed by atoms with Crippen molar-refractivity contribution in [1.29, 1.82) is 0 Å². The number of benzene rings is 2. The van der Waals surface area contributed by atoms with Crippen LogP contribution in [0.1, 0.15) is 43.0 Å². The molecule has 0 bridgehead atoms. The summed E-state index contributed by atoms with van der Waals surface area (Å²) in [5, 5.41) is 8.46. The first-order valence-electron chi connectivity index (χ1n) is 9.71. The zero-order chi connectivity index (χ0) is 20.2. The van der Waals surface area contributed by atoms with Crippen LogP contribution in [0.5, 0.6) is 5.75 Å². The Kier molecular flexibility index (Phi) is 8.85. The van der Waals surface area contributed by atoms with Crippen molar-refractivity contribution in [2.24, 2.45) is 0 Å². The van der Waals surface area contributed by atoms with Gasteiger partial charge in [-0.15, -0.1) is 0 Å². The predicted molar refractivity (Wildman–Crippen MR) is 113 cm³/mol. The number of amides is 2. The first kappa shape index (κ1) is 21.3. The van der Waals surface area contributed by atoms with Crippen molar-refractivity contribution in [2.75, 3.05) is 30.8 Å². The van der Waals surface area contributed by atoms with Crippen LogP contribution in [-0.2, 0) is 4.79 Å². The molecule has 150 valence electrons. The molecule has 2 rings (SSSR count). The summed E-state index contributed by atoms with van der Waals surface area (Å²) in [6.45, 7) is 3.03. The number of nitrogens with one attached hydrogen (secondary N) is 3. The van der Waals surface area contributed by atoms with Crippen molar-refractivity contribution in [3.8, 4) is 5.75 Å². The topological polar surface area (TPSA) is 79.5 Å². The Hall–Kier alpha value is -3.02. The van der Waals surface area contributed by atoms with Gasteiger partial charge >= 0.3 is 0 Å². The highest BCUT2D eigenvalue weighted by molar-refractivity contribution is 5.96. The molecule has 0 radical (unpaired) electrons. The molecule has 0 fully saturated rings. The molecule has 6 nitrogen and oxygen atoms in total. The lowest BCUT2D eigenvalue weighted by molar-refractivity contribution is -0.114. The van der Waals surface area contributed by atoms with Gasteiger partial charge in [0.15, 0.2) is 0 Å². The van der Waals surface area contributed by atoms with E-state index in [1.54, 1.807) is 31.3 Å². The molecule has 0 aliphatic carbocycles. The summed E-state index contributed by atoms with van der Waals surface area (Å²) in [4.78, 5) is 23.7. The van der Waals surface area contributed by atoms with E-state index in [4.69, 9.17) is 4.74 Å². The Morgan fingerprint density at radius 1 is 0.964 bits per heavy atom. The van der Waals surface area contributed by atoms with Gasteiger partial charge in [-0.25, -0.2) is 0 Å². The lowest BCUT2D eigenvalue weighted by Crippen LogP contribution is -2.22. The van der Waals surface area contributed by atoms with Gasteiger partial charge in [-0.05, 0) is 42.8 Å². The molecule has 0 aliphatic heterocycles. The van der Waals surface area contributed by atoms with E-state index in [0.717, 1.165) is 17.9 Å². The van der Waals surface area contributed by atoms with Gasteiger partial charge in [0.1, 0.15) is 5.75 Å². The summed E-state index contributed by atoms with van der Waals surface area (Å²) in [6, 6.07) is 14.4. The SMILES string of the molecule is CCCCCCOc1cccc(NCC(=O)Nc2ccc(C(=O)NC)cc2)c1. The molecule has 3 N–H and O–H groups in total. The monoisotopic (exact) mass is 383 g/mol. The second-order valence-electron chi connectivity index (χ2n) is 6.50. The molecule has 2 aromatic carbocycles. The molecule has 0 aliphatic rings. The molecule has 0 saturated heterocycles. The molecule has 0 saturated carbocycles. The maximum absolute atomic E-state index is 12.1. The van der Waals surface area contributed by atoms with Crippen molar-refractivity contribution in [1.82, 2.24) is 5.32 Å². The number of hydrogen-bond donors (Lipinski definition) is 3. The van der Waals surface area contributed by atoms with Gasteiger partial charge in [-0.2, -0.15) is 0 Å². The van der Waals surface area contributed by atoms with Gasteiger partial charge in [0, 0.05) is 30.1 Å². The van der Waals surface area contributed by atoms with Crippen LogP contribution >= 0.6 is 0 Å². The van der Waals surface area contributed by atoms with Gasteiger partial charge < -0.3 is 20.7 Å². The van der Waals surface area contributed by atoms with Gasteiger partial charge in [0.25, 0.3) is 5.91 Å². The molecule has 0 heterocycles. The average Bonchev–Trinajstić information content (AvgIpc) is 2.72. The fourth-order valence-electron chi connectivity index (χ4n) is 2.65. The zero-order valence-corrected chi connectivity index (χ0v) is 16.6. The normalized spacial score (nSPS) is 10.2. The fourth-order valence-corrected chi connectivity index (χ4v) is 2.65. The molecular formula is C22H29N3O3. The van der Waals surface area contributed by atoms with Crippen molar-refractivity contribution >= 4 is 23.2 Å². The summed E-state index contributed by atoms with van der Waals surface area (Å²) in [5.74, 6) is 0.470. The molecule has 0 atom stereocenters. The van der Waals surface area contributed by atoms with Gasteiger partial charge in [0.2, 0.25) is 5.91 Å². The van der Waals surface area contributed by atoms with Crippen molar-refractivity contribution < 1.29 is 14.3 Å². The van der Waals surface area contributed by atoms with E-state index < -0.39 is 0 Å². The molecule has 2 amide bonds. The first-order chi connectivity index (χ1) is 13.6. The number of unbranched alkanes of at least 4 members (excludes halogenated alkanes) is 3. The van der Waals surface area contributed by atoms with Gasteiger partial charge in [0.05, 0.1) is 13.2 Å². The Bertz CT molecular complexity index is 760. The van der Waals surface area contributed by atoms with E-state index in [-0.39, 0.29) is 18.4 Å². The van der Waals surface area contributed by atoms with Crippen LogP contribution in [0.15, 0.2) is 48.5 Å². The number of ether oxygens (including phenoxy) is 1. The van der Waals surface area contributed by atoms with Crippen LogP contribution in [-0.4, -0.2) is 32.0 Å². The quantitative estimate of drug-likeness (QED) is 0.511. The summed E-state index contributed by atoms with van der Waals surface area (Å²) < 4.78 is 5.76. The fraction of sp³-hybridized carbons (Fsp3) is 0.364. The second-order valence-corrected chi connectivity index (χ2v) is 6.50. The van der Waals surface area contributed by atoms with Crippen LogP contribution in [0.3, 0.4) is 0 Å². The van der Waals surface area contributed by atoms with E-state index in [0.29, 0.717) is 17.9 Å². The summed E-state index contributed by atoms with van der Waals surface area (Å²) in [5.41, 5.74) is 2.02. The molecular weight excluding hydrogens is 354 g/mol. The smallest absolute Gasteiger partial charge is 0.251 e. The second kappa shape index (κ2) is 11.6. The largest absolute Gasteiger partial charge is 0.494 e. The highest BCUT2D eigenvalue weighted by atomic mass is 16.5. The summed E-state index contributed by atoms with van der Waals surface area (Å²) >= 11 is 0. The van der Waals surface area contributed by atoms with Crippen LogP contribution in [0.2, 0.25) is 0 Å². The number of rotatable bonds is 11. The number of carbonyl (C=O) groups is 2. The molecule has 28 heavy (non-hydrogen) atoms. The maximum Gasteiger partial charge on any atom is 0.251 e. The lowest BCUT2D eigenvalue weighted by Gasteiger charge is -2.10.